The molecular formula is C19H15FN2O6. The lowest BCUT2D eigenvalue weighted by atomic mass is 10.1. The number of esters is 2. The van der Waals surface area contributed by atoms with E-state index < -0.39 is 11.9 Å². The lowest BCUT2D eigenvalue weighted by molar-refractivity contribution is 0.0429. The van der Waals surface area contributed by atoms with Crippen LogP contribution in [0.5, 0.6) is 5.75 Å². The van der Waals surface area contributed by atoms with Crippen LogP contribution >= 0.6 is 0 Å². The van der Waals surface area contributed by atoms with Gasteiger partial charge in [-0.3, -0.25) is 0 Å². The van der Waals surface area contributed by atoms with E-state index in [1.165, 1.54) is 55.6 Å². The minimum Gasteiger partial charge on any atom is -0.485 e. The van der Waals surface area contributed by atoms with E-state index in [2.05, 4.69) is 14.9 Å². The van der Waals surface area contributed by atoms with E-state index in [-0.39, 0.29) is 36.3 Å². The van der Waals surface area contributed by atoms with Gasteiger partial charge in [0, 0.05) is 0 Å². The van der Waals surface area contributed by atoms with E-state index in [9.17, 15) is 14.0 Å². The first-order valence-electron chi connectivity index (χ1n) is 8.10. The molecule has 0 spiro atoms. The molecule has 0 aliphatic heterocycles. The molecule has 0 aliphatic rings. The average molecular weight is 386 g/mol. The fourth-order valence-electron chi connectivity index (χ4n) is 2.16. The maximum Gasteiger partial charge on any atom is 0.338 e. The summed E-state index contributed by atoms with van der Waals surface area (Å²) in [6.07, 6.45) is 0. The van der Waals surface area contributed by atoms with Gasteiger partial charge in [-0.05, 0) is 48.5 Å². The van der Waals surface area contributed by atoms with Gasteiger partial charge in [0.15, 0.2) is 13.2 Å². The minimum absolute atomic E-state index is 0.0120. The van der Waals surface area contributed by atoms with Crippen molar-refractivity contribution in [3.8, 4) is 5.75 Å². The fraction of sp³-hybridized carbons (Fsp3) is 0.158. The first-order valence-corrected chi connectivity index (χ1v) is 8.10. The van der Waals surface area contributed by atoms with Crippen molar-refractivity contribution in [2.45, 2.75) is 13.2 Å². The summed E-state index contributed by atoms with van der Waals surface area (Å²) in [5.74, 6) is -0.680. The molecule has 3 aromatic rings. The van der Waals surface area contributed by atoms with Gasteiger partial charge < -0.3 is 18.7 Å². The van der Waals surface area contributed by atoms with Gasteiger partial charge in [-0.2, -0.15) is 4.98 Å². The summed E-state index contributed by atoms with van der Waals surface area (Å²) in [5.41, 5.74) is 0.578. The predicted molar refractivity (Wildman–Crippen MR) is 91.9 cm³/mol. The summed E-state index contributed by atoms with van der Waals surface area (Å²) < 4.78 is 32.9. The Balaban J connectivity index is 1.50. The Kier molecular flexibility index (Phi) is 5.95. The number of carbonyl (C=O) groups is 2. The lowest BCUT2D eigenvalue weighted by Crippen LogP contribution is -2.07. The molecule has 3 rings (SSSR count). The third-order valence-electron chi connectivity index (χ3n) is 3.56. The second-order valence-electron chi connectivity index (χ2n) is 5.49. The molecule has 0 amide bonds. The summed E-state index contributed by atoms with van der Waals surface area (Å²) in [6.45, 7) is -0.209. The van der Waals surface area contributed by atoms with Crippen LogP contribution < -0.4 is 4.74 Å². The van der Waals surface area contributed by atoms with E-state index in [0.29, 0.717) is 11.3 Å². The molecule has 144 valence electrons. The highest BCUT2D eigenvalue weighted by Gasteiger charge is 2.13. The Bertz CT molecular complexity index is 953. The molecule has 0 saturated heterocycles. The Morgan fingerprint density at radius 2 is 1.61 bits per heavy atom. The monoisotopic (exact) mass is 386 g/mol. The number of ether oxygens (including phenoxy) is 3. The zero-order chi connectivity index (χ0) is 19.9. The Hall–Kier alpha value is -3.75. The molecule has 0 aliphatic carbocycles. The van der Waals surface area contributed by atoms with E-state index in [4.69, 9.17) is 14.0 Å². The third-order valence-corrected chi connectivity index (χ3v) is 3.56. The highest BCUT2D eigenvalue weighted by Crippen LogP contribution is 2.13. The quantitative estimate of drug-likeness (QED) is 0.571. The van der Waals surface area contributed by atoms with Crippen molar-refractivity contribution < 1.29 is 32.7 Å². The topological polar surface area (TPSA) is 101 Å². The second kappa shape index (κ2) is 8.76. The van der Waals surface area contributed by atoms with Gasteiger partial charge in [0.25, 0.3) is 5.89 Å². The van der Waals surface area contributed by atoms with Gasteiger partial charge in [0.05, 0.1) is 18.2 Å². The van der Waals surface area contributed by atoms with E-state index in [1.807, 2.05) is 0 Å². The van der Waals surface area contributed by atoms with E-state index >= 15 is 0 Å². The maximum absolute atomic E-state index is 12.8. The van der Waals surface area contributed by atoms with Gasteiger partial charge in [-0.15, -0.1) is 0 Å². The van der Waals surface area contributed by atoms with Crippen molar-refractivity contribution in [2.75, 3.05) is 7.11 Å². The molecule has 28 heavy (non-hydrogen) atoms. The van der Waals surface area contributed by atoms with Crippen LogP contribution in [0, 0.1) is 5.82 Å². The van der Waals surface area contributed by atoms with Crippen LogP contribution in [0.15, 0.2) is 53.1 Å². The normalized spacial score (nSPS) is 10.4. The number of aromatic nitrogens is 2. The van der Waals surface area contributed by atoms with Crippen LogP contribution in [0.25, 0.3) is 0 Å². The number of halogens is 1. The van der Waals surface area contributed by atoms with Crippen molar-refractivity contribution in [3.63, 3.8) is 0 Å². The molecule has 9 heteroatoms. The Morgan fingerprint density at radius 1 is 0.964 bits per heavy atom. The van der Waals surface area contributed by atoms with E-state index in [0.717, 1.165) is 0 Å². The number of benzene rings is 2. The van der Waals surface area contributed by atoms with Crippen molar-refractivity contribution in [3.05, 3.63) is 77.2 Å². The average Bonchev–Trinajstić information content (AvgIpc) is 3.19. The van der Waals surface area contributed by atoms with Crippen LogP contribution in [0.2, 0.25) is 0 Å². The molecule has 0 unspecified atom stereocenters. The summed E-state index contributed by atoms with van der Waals surface area (Å²) in [7, 11) is 1.27. The standard InChI is InChI=1S/C19H15FN2O6/c1-25-18(23)12-2-4-13(5-3-12)19(24)27-11-17-21-16(22-28-17)10-26-15-8-6-14(20)7-9-15/h2-9H,10-11H2,1H3. The molecule has 0 atom stereocenters. The van der Waals surface area contributed by atoms with Crippen molar-refractivity contribution in [1.29, 1.82) is 0 Å². The summed E-state index contributed by atoms with van der Waals surface area (Å²) in [4.78, 5) is 27.4. The smallest absolute Gasteiger partial charge is 0.338 e. The molecule has 0 radical (unpaired) electrons. The van der Waals surface area contributed by atoms with E-state index in [1.54, 1.807) is 0 Å². The summed E-state index contributed by atoms with van der Waals surface area (Å²) in [5, 5.41) is 3.71. The van der Waals surface area contributed by atoms with Crippen molar-refractivity contribution >= 4 is 11.9 Å². The number of hydrogen-bond acceptors (Lipinski definition) is 8. The van der Waals surface area contributed by atoms with Crippen molar-refractivity contribution in [2.24, 2.45) is 0 Å². The second-order valence-corrected chi connectivity index (χ2v) is 5.49. The molecular weight excluding hydrogens is 371 g/mol. The first kappa shape index (κ1) is 19.0. The molecule has 1 aromatic heterocycles. The first-order chi connectivity index (χ1) is 13.5. The third kappa shape index (κ3) is 4.91. The molecule has 0 bridgehead atoms. The number of nitrogens with zero attached hydrogens (tertiary/aromatic N) is 2. The predicted octanol–water partition coefficient (Wildman–Crippen LogP) is 2.93. The molecule has 0 fully saturated rings. The lowest BCUT2D eigenvalue weighted by Gasteiger charge is -2.03. The van der Waals surface area contributed by atoms with Crippen molar-refractivity contribution in [1.82, 2.24) is 10.1 Å². The van der Waals surface area contributed by atoms with Crippen LogP contribution in [0.1, 0.15) is 32.4 Å². The molecule has 1 heterocycles. The SMILES string of the molecule is COC(=O)c1ccc(C(=O)OCc2nc(COc3ccc(F)cc3)no2)cc1. The number of hydrogen-bond donors (Lipinski definition) is 0. The zero-order valence-corrected chi connectivity index (χ0v) is 14.8. The summed E-state index contributed by atoms with van der Waals surface area (Å²) in [6, 6.07) is 11.3. The highest BCUT2D eigenvalue weighted by molar-refractivity contribution is 5.93. The number of rotatable bonds is 7. The summed E-state index contributed by atoms with van der Waals surface area (Å²) >= 11 is 0. The van der Waals surface area contributed by atoms with Gasteiger partial charge in [-0.1, -0.05) is 5.16 Å². The highest BCUT2D eigenvalue weighted by atomic mass is 19.1. The maximum atomic E-state index is 12.8. The van der Waals surface area contributed by atoms with Crippen LogP contribution in [-0.4, -0.2) is 29.2 Å². The Labute approximate surface area is 158 Å². The minimum atomic E-state index is -0.612. The van der Waals surface area contributed by atoms with Crippen LogP contribution in [-0.2, 0) is 22.7 Å². The largest absolute Gasteiger partial charge is 0.485 e. The molecule has 0 saturated carbocycles. The zero-order valence-electron chi connectivity index (χ0n) is 14.8. The fourth-order valence-corrected chi connectivity index (χ4v) is 2.16. The molecule has 8 nitrogen and oxygen atoms in total. The van der Waals surface area contributed by atoms with Crippen LogP contribution in [0.4, 0.5) is 4.39 Å². The van der Waals surface area contributed by atoms with Crippen LogP contribution in [0.3, 0.4) is 0 Å². The number of carbonyl (C=O) groups excluding carboxylic acids is 2. The van der Waals surface area contributed by atoms with Gasteiger partial charge in [-0.25, -0.2) is 14.0 Å². The molecule has 2 aromatic carbocycles. The van der Waals surface area contributed by atoms with Gasteiger partial charge >= 0.3 is 11.9 Å². The van der Waals surface area contributed by atoms with Gasteiger partial charge in [0.2, 0.25) is 5.82 Å². The molecule has 0 N–H and O–H groups in total. The number of methoxy groups -OCH3 is 1. The Morgan fingerprint density at radius 3 is 2.25 bits per heavy atom. The van der Waals surface area contributed by atoms with Gasteiger partial charge in [0.1, 0.15) is 11.6 Å².